The Morgan fingerprint density at radius 2 is 1.97 bits per heavy atom. The molecule has 1 aromatic rings. The molecule has 3 unspecified atom stereocenters. The van der Waals surface area contributed by atoms with Gasteiger partial charge in [-0.3, -0.25) is 4.99 Å². The summed E-state index contributed by atoms with van der Waals surface area (Å²) in [7, 11) is 3.21. The number of rotatable bonds is 7. The van der Waals surface area contributed by atoms with Gasteiger partial charge in [-0.15, -0.1) is 0 Å². The third kappa shape index (κ3) is 5.74. The molecule has 1 aliphatic carbocycles. The predicted octanol–water partition coefficient (Wildman–Crippen LogP) is 5.15. The van der Waals surface area contributed by atoms with Crippen LogP contribution in [0, 0.1) is 29.0 Å². The molecule has 1 saturated carbocycles. The van der Waals surface area contributed by atoms with Gasteiger partial charge in [-0.25, -0.2) is 9.38 Å². The summed E-state index contributed by atoms with van der Waals surface area (Å²) in [5.74, 6) is 1.22. The highest BCUT2D eigenvalue weighted by Crippen LogP contribution is 2.34. The molecule has 2 aliphatic heterocycles. The topological polar surface area (TPSA) is 93.3 Å². The second-order valence-electron chi connectivity index (χ2n) is 10.5. The van der Waals surface area contributed by atoms with Crippen LogP contribution in [0.25, 0.3) is 0 Å². The van der Waals surface area contributed by atoms with Gasteiger partial charge >= 0.3 is 0 Å². The number of hydrogen-bond acceptors (Lipinski definition) is 6. The molecule has 36 heavy (non-hydrogen) atoms. The molecule has 3 atom stereocenters. The van der Waals surface area contributed by atoms with Crippen molar-refractivity contribution in [3.05, 3.63) is 23.5 Å². The van der Waals surface area contributed by atoms with Gasteiger partial charge in [0.2, 0.25) is 0 Å². The maximum Gasteiger partial charge on any atom is 0.162 e. The number of aliphatic imine (C=N–C) groups is 2. The summed E-state index contributed by atoms with van der Waals surface area (Å²) in [6.45, 7) is 3.88. The Labute approximate surface area is 214 Å². The van der Waals surface area contributed by atoms with Crippen LogP contribution < -0.4 is 15.0 Å². The summed E-state index contributed by atoms with van der Waals surface area (Å²) in [4.78, 5) is 10.9. The van der Waals surface area contributed by atoms with E-state index in [-0.39, 0.29) is 11.7 Å². The van der Waals surface area contributed by atoms with Gasteiger partial charge in [-0.1, -0.05) is 39.0 Å². The first-order valence-corrected chi connectivity index (χ1v) is 13.7. The van der Waals surface area contributed by atoms with Crippen LogP contribution in [-0.4, -0.2) is 56.0 Å². The Bertz CT molecular complexity index is 988. The summed E-state index contributed by atoms with van der Waals surface area (Å²) in [5, 5.41) is 23.0. The number of anilines is 1. The van der Waals surface area contributed by atoms with Crippen LogP contribution in [-0.2, 0) is 0 Å². The van der Waals surface area contributed by atoms with Crippen molar-refractivity contribution in [1.82, 2.24) is 5.32 Å². The Morgan fingerprint density at radius 1 is 1.19 bits per heavy atom. The van der Waals surface area contributed by atoms with Crippen molar-refractivity contribution in [2.45, 2.75) is 77.4 Å². The summed E-state index contributed by atoms with van der Waals surface area (Å²) >= 11 is 0. The molecular weight excluding hydrogens is 457 g/mol. The van der Waals surface area contributed by atoms with E-state index < -0.39 is 12.1 Å². The van der Waals surface area contributed by atoms with Crippen LogP contribution in [0.1, 0.15) is 76.7 Å². The number of aliphatic hydroxyl groups is 1. The lowest BCUT2D eigenvalue weighted by atomic mass is 9.79. The molecule has 3 N–H and O–H groups in total. The Hall–Kier alpha value is -2.48. The van der Waals surface area contributed by atoms with E-state index in [0.717, 1.165) is 51.6 Å². The molecule has 198 valence electrons. The molecule has 1 aromatic carbocycles. The average Bonchev–Trinajstić information content (AvgIpc) is 3.14. The fourth-order valence-corrected chi connectivity index (χ4v) is 6.13. The van der Waals surface area contributed by atoms with Crippen molar-refractivity contribution in [1.29, 1.82) is 5.41 Å². The molecule has 7 nitrogen and oxygen atoms in total. The maximum absolute atomic E-state index is 15.5. The number of aliphatic hydroxyl groups excluding tert-OH is 1. The third-order valence-electron chi connectivity index (χ3n) is 8.13. The molecule has 0 bridgehead atoms. The largest absolute Gasteiger partial charge is 0.496 e. The van der Waals surface area contributed by atoms with Crippen LogP contribution in [0.3, 0.4) is 0 Å². The number of ether oxygens (including phenoxy) is 1. The number of nitrogens with one attached hydrogen (secondary N) is 2. The van der Waals surface area contributed by atoms with Gasteiger partial charge in [-0.05, 0) is 50.0 Å². The van der Waals surface area contributed by atoms with E-state index in [1.165, 1.54) is 31.7 Å². The molecule has 2 heterocycles. The minimum absolute atomic E-state index is 0.144. The van der Waals surface area contributed by atoms with E-state index in [9.17, 15) is 5.11 Å². The zero-order chi connectivity index (χ0) is 25.7. The molecule has 0 spiro atoms. The normalized spacial score (nSPS) is 26.8. The van der Waals surface area contributed by atoms with Gasteiger partial charge in [0, 0.05) is 31.9 Å². The van der Waals surface area contributed by atoms with Crippen LogP contribution in [0.4, 0.5) is 10.1 Å². The SMILES string of the molecule is CCCC1CCCN(c2cc(OC)c(C3=NC(O)C(C(=N)C4CCCCC4)C(=NC)N3)cc2F)CC1. The van der Waals surface area contributed by atoms with E-state index in [1.54, 1.807) is 20.2 Å². The van der Waals surface area contributed by atoms with Crippen LogP contribution >= 0.6 is 0 Å². The van der Waals surface area contributed by atoms with Crippen LogP contribution in [0.2, 0.25) is 0 Å². The minimum atomic E-state index is -1.15. The first-order valence-electron chi connectivity index (χ1n) is 13.7. The van der Waals surface area contributed by atoms with E-state index in [2.05, 4.69) is 27.1 Å². The fraction of sp³-hybridized carbons (Fsp3) is 0.679. The van der Waals surface area contributed by atoms with Crippen molar-refractivity contribution in [3.63, 3.8) is 0 Å². The van der Waals surface area contributed by atoms with Crippen molar-refractivity contribution in [3.8, 4) is 5.75 Å². The van der Waals surface area contributed by atoms with Crippen LogP contribution in [0.5, 0.6) is 5.75 Å². The highest BCUT2D eigenvalue weighted by atomic mass is 19.1. The van der Waals surface area contributed by atoms with Gasteiger partial charge in [0.15, 0.2) is 6.23 Å². The van der Waals surface area contributed by atoms with Gasteiger partial charge in [0.05, 0.1) is 18.4 Å². The van der Waals surface area contributed by atoms with Gasteiger partial charge in [-0.2, -0.15) is 0 Å². The zero-order valence-corrected chi connectivity index (χ0v) is 22.0. The molecule has 2 fully saturated rings. The first-order chi connectivity index (χ1) is 17.5. The Morgan fingerprint density at radius 3 is 2.67 bits per heavy atom. The van der Waals surface area contributed by atoms with E-state index >= 15 is 4.39 Å². The van der Waals surface area contributed by atoms with Crippen molar-refractivity contribution in [2.24, 2.45) is 27.7 Å². The van der Waals surface area contributed by atoms with E-state index in [4.69, 9.17) is 10.1 Å². The molecular formula is C28H42FN5O2. The van der Waals surface area contributed by atoms with Crippen molar-refractivity contribution >= 4 is 23.1 Å². The molecule has 0 amide bonds. The predicted molar refractivity (Wildman–Crippen MR) is 144 cm³/mol. The number of hydrogen-bond donors (Lipinski definition) is 3. The number of amidine groups is 2. The fourth-order valence-electron chi connectivity index (χ4n) is 6.13. The molecule has 1 saturated heterocycles. The van der Waals surface area contributed by atoms with Crippen molar-refractivity contribution < 1.29 is 14.2 Å². The summed E-state index contributed by atoms with van der Waals surface area (Å²) in [6.07, 6.45) is 9.92. The average molecular weight is 500 g/mol. The standard InChI is InChI=1S/C28H42FN5O2/c1-4-9-18-10-8-14-34(15-13-18)22-17-23(36-3)20(16-21(22)29)26-32-27(31-2)24(28(35)33-26)25(30)19-11-6-5-7-12-19/h16-19,24,28,30,35H,4-15H2,1-3H3,(H,31,32,33). The lowest BCUT2D eigenvalue weighted by molar-refractivity contribution is 0.164. The van der Waals surface area contributed by atoms with Gasteiger partial charge < -0.3 is 25.5 Å². The van der Waals surface area contributed by atoms with Gasteiger partial charge in [0.25, 0.3) is 0 Å². The number of benzene rings is 1. The quantitative estimate of drug-likeness (QED) is 0.452. The highest BCUT2D eigenvalue weighted by Gasteiger charge is 2.38. The van der Waals surface area contributed by atoms with Crippen LogP contribution in [0.15, 0.2) is 22.1 Å². The van der Waals surface area contributed by atoms with E-state index in [0.29, 0.717) is 40.3 Å². The summed E-state index contributed by atoms with van der Waals surface area (Å²) < 4.78 is 21.2. The first kappa shape index (κ1) is 26.6. The number of methoxy groups -OCH3 is 1. The number of halogens is 1. The minimum Gasteiger partial charge on any atom is -0.496 e. The highest BCUT2D eigenvalue weighted by molar-refractivity contribution is 6.18. The Balaban J connectivity index is 1.58. The zero-order valence-electron chi connectivity index (χ0n) is 22.0. The lowest BCUT2D eigenvalue weighted by Crippen LogP contribution is -2.51. The summed E-state index contributed by atoms with van der Waals surface area (Å²) in [5.41, 5.74) is 1.47. The van der Waals surface area contributed by atoms with Gasteiger partial charge in [0.1, 0.15) is 29.2 Å². The molecule has 0 aromatic heterocycles. The monoisotopic (exact) mass is 499 g/mol. The Kier molecular flexibility index (Phi) is 8.99. The second kappa shape index (κ2) is 12.2. The third-order valence-corrected chi connectivity index (χ3v) is 8.13. The molecule has 8 heteroatoms. The number of nitrogens with zero attached hydrogens (tertiary/aromatic N) is 3. The second-order valence-corrected chi connectivity index (χ2v) is 10.5. The maximum atomic E-state index is 15.5. The molecule has 0 radical (unpaired) electrons. The van der Waals surface area contributed by atoms with E-state index in [1.807, 2.05) is 0 Å². The molecule has 4 rings (SSSR count). The molecule has 3 aliphatic rings. The van der Waals surface area contributed by atoms with Crippen molar-refractivity contribution in [2.75, 3.05) is 32.1 Å². The smallest absolute Gasteiger partial charge is 0.162 e. The summed E-state index contributed by atoms with van der Waals surface area (Å²) in [6, 6.07) is 3.20. The lowest BCUT2D eigenvalue weighted by Gasteiger charge is -2.34.